The molecule has 0 saturated heterocycles. The number of aromatic nitrogens is 2. The number of hydrogen-bond acceptors (Lipinski definition) is 3. The number of alkyl halides is 1. The summed E-state index contributed by atoms with van der Waals surface area (Å²) in [5, 5.41) is 9.00. The first kappa shape index (κ1) is 15.9. The van der Waals surface area contributed by atoms with E-state index in [0.29, 0.717) is 23.2 Å². The van der Waals surface area contributed by atoms with E-state index in [-0.39, 0.29) is 25.3 Å². The van der Waals surface area contributed by atoms with E-state index in [4.69, 9.17) is 9.84 Å². The van der Waals surface area contributed by atoms with Crippen molar-refractivity contribution < 1.29 is 19.0 Å². The third-order valence-electron chi connectivity index (χ3n) is 3.20. The van der Waals surface area contributed by atoms with Crippen molar-refractivity contribution in [2.24, 2.45) is 0 Å². The number of H-pyrrole nitrogens is 2. The molecule has 2 rings (SSSR count). The van der Waals surface area contributed by atoms with Gasteiger partial charge in [-0.2, -0.15) is 0 Å². The van der Waals surface area contributed by atoms with E-state index in [1.807, 2.05) is 0 Å². The first-order valence-electron chi connectivity index (χ1n) is 6.99. The molecule has 1 aromatic heterocycles. The number of ether oxygens (including phenoxy) is 1. The van der Waals surface area contributed by atoms with Crippen LogP contribution in [0.25, 0.3) is 11.0 Å². The third-order valence-corrected chi connectivity index (χ3v) is 3.20. The number of fused-ring (bicyclic) bond motifs is 1. The maximum absolute atomic E-state index is 13.7. The van der Waals surface area contributed by atoms with Crippen molar-refractivity contribution in [2.75, 3.05) is 13.2 Å². The molecule has 8 heteroatoms. The van der Waals surface area contributed by atoms with Crippen LogP contribution in [0.2, 0.25) is 0 Å². The molecule has 0 radical (unpaired) electrons. The number of carbonyl (C=O) groups is 1. The summed E-state index contributed by atoms with van der Waals surface area (Å²) in [5.41, 5.74) is 0.923. The zero-order valence-corrected chi connectivity index (χ0v) is 12.1. The summed E-state index contributed by atoms with van der Waals surface area (Å²) in [6.45, 7) is 1.74. The van der Waals surface area contributed by atoms with Crippen LogP contribution in [0, 0.1) is 0 Å². The van der Waals surface area contributed by atoms with E-state index >= 15 is 0 Å². The van der Waals surface area contributed by atoms with Crippen molar-refractivity contribution in [3.05, 3.63) is 28.7 Å². The van der Waals surface area contributed by atoms with Gasteiger partial charge in [0.15, 0.2) is 6.30 Å². The molecule has 0 aliphatic carbocycles. The number of halogens is 1. The SMILES string of the molecule is CCCC(F)N(CCOc1ccc2[nH]c(=O)[nH]c2c1)C(=O)O. The molecule has 1 atom stereocenters. The number of nitrogens with one attached hydrogen (secondary N) is 2. The van der Waals surface area contributed by atoms with Gasteiger partial charge in [0.25, 0.3) is 0 Å². The summed E-state index contributed by atoms with van der Waals surface area (Å²) in [5.74, 6) is 0.471. The number of rotatable bonds is 7. The molecule has 0 bridgehead atoms. The fraction of sp³-hybridized carbons (Fsp3) is 0.429. The van der Waals surface area contributed by atoms with Gasteiger partial charge in [0.05, 0.1) is 17.6 Å². The Labute approximate surface area is 125 Å². The summed E-state index contributed by atoms with van der Waals surface area (Å²) >= 11 is 0. The topological polar surface area (TPSA) is 98.4 Å². The van der Waals surface area contributed by atoms with Crippen LogP contribution in [0.4, 0.5) is 9.18 Å². The van der Waals surface area contributed by atoms with E-state index in [2.05, 4.69) is 9.97 Å². The molecular weight excluding hydrogens is 293 g/mol. The van der Waals surface area contributed by atoms with Crippen LogP contribution in [0.3, 0.4) is 0 Å². The third kappa shape index (κ3) is 3.78. The number of amides is 1. The molecule has 3 N–H and O–H groups in total. The van der Waals surface area contributed by atoms with E-state index in [0.717, 1.165) is 4.90 Å². The van der Waals surface area contributed by atoms with Crippen LogP contribution >= 0.6 is 0 Å². The van der Waals surface area contributed by atoms with Crippen molar-refractivity contribution >= 4 is 17.1 Å². The summed E-state index contributed by atoms with van der Waals surface area (Å²) in [4.78, 5) is 28.1. The Bertz CT molecular complexity index is 697. The van der Waals surface area contributed by atoms with E-state index < -0.39 is 12.4 Å². The van der Waals surface area contributed by atoms with Gasteiger partial charge in [0.1, 0.15) is 12.4 Å². The summed E-state index contributed by atoms with van der Waals surface area (Å²) in [7, 11) is 0. The van der Waals surface area contributed by atoms with Gasteiger partial charge in [0.2, 0.25) is 0 Å². The zero-order valence-electron chi connectivity index (χ0n) is 12.1. The van der Waals surface area contributed by atoms with Crippen molar-refractivity contribution in [1.29, 1.82) is 0 Å². The van der Waals surface area contributed by atoms with Gasteiger partial charge in [-0.1, -0.05) is 13.3 Å². The van der Waals surface area contributed by atoms with Crippen molar-refractivity contribution in [3.63, 3.8) is 0 Å². The largest absolute Gasteiger partial charge is 0.492 e. The fourth-order valence-corrected chi connectivity index (χ4v) is 2.11. The molecule has 120 valence electrons. The van der Waals surface area contributed by atoms with Crippen LogP contribution in [0.15, 0.2) is 23.0 Å². The highest BCUT2D eigenvalue weighted by atomic mass is 19.1. The molecule has 2 aromatic rings. The van der Waals surface area contributed by atoms with Crippen molar-refractivity contribution in [3.8, 4) is 5.75 Å². The maximum Gasteiger partial charge on any atom is 0.409 e. The van der Waals surface area contributed by atoms with Gasteiger partial charge < -0.3 is 19.8 Å². The van der Waals surface area contributed by atoms with Crippen LogP contribution in [0.5, 0.6) is 5.75 Å². The van der Waals surface area contributed by atoms with Gasteiger partial charge in [0, 0.05) is 6.07 Å². The predicted molar refractivity (Wildman–Crippen MR) is 78.9 cm³/mol. The molecule has 0 spiro atoms. The minimum atomic E-state index is -1.53. The second-order valence-electron chi connectivity index (χ2n) is 4.83. The molecule has 1 heterocycles. The number of aromatic amines is 2. The van der Waals surface area contributed by atoms with Gasteiger partial charge >= 0.3 is 11.8 Å². The lowest BCUT2D eigenvalue weighted by Crippen LogP contribution is -2.39. The summed E-state index contributed by atoms with van der Waals surface area (Å²) in [6.07, 6.45) is -2.13. The molecule has 7 nitrogen and oxygen atoms in total. The highest BCUT2D eigenvalue weighted by Gasteiger charge is 2.21. The number of hydrogen-bond donors (Lipinski definition) is 3. The molecule has 22 heavy (non-hydrogen) atoms. The van der Waals surface area contributed by atoms with Gasteiger partial charge in [-0.25, -0.2) is 14.0 Å². The summed E-state index contributed by atoms with van der Waals surface area (Å²) < 4.78 is 19.1. The molecule has 0 aliphatic heterocycles. The number of benzene rings is 1. The Morgan fingerprint density at radius 2 is 2.14 bits per heavy atom. The van der Waals surface area contributed by atoms with E-state index in [1.165, 1.54) is 0 Å². The highest BCUT2D eigenvalue weighted by molar-refractivity contribution is 5.75. The quantitative estimate of drug-likeness (QED) is 0.683. The van der Waals surface area contributed by atoms with Gasteiger partial charge in [-0.15, -0.1) is 0 Å². The second kappa shape index (κ2) is 6.97. The van der Waals surface area contributed by atoms with Crippen molar-refractivity contribution in [1.82, 2.24) is 14.9 Å². The number of carboxylic acid groups (broad SMARTS) is 1. The minimum absolute atomic E-state index is 0.0244. The normalized spacial score (nSPS) is 12.3. The van der Waals surface area contributed by atoms with Crippen LogP contribution in [0.1, 0.15) is 19.8 Å². The van der Waals surface area contributed by atoms with Crippen molar-refractivity contribution in [2.45, 2.75) is 26.1 Å². The van der Waals surface area contributed by atoms with Gasteiger partial charge in [-0.05, 0) is 18.6 Å². The Kier molecular flexibility index (Phi) is 5.03. The molecule has 1 unspecified atom stereocenters. The molecule has 0 fully saturated rings. The minimum Gasteiger partial charge on any atom is -0.492 e. The molecule has 0 aliphatic rings. The first-order chi connectivity index (χ1) is 10.5. The Morgan fingerprint density at radius 1 is 1.41 bits per heavy atom. The average Bonchev–Trinajstić information content (AvgIpc) is 2.82. The average molecular weight is 311 g/mol. The second-order valence-corrected chi connectivity index (χ2v) is 4.83. The highest BCUT2D eigenvalue weighted by Crippen LogP contribution is 2.17. The smallest absolute Gasteiger partial charge is 0.409 e. The molecule has 0 saturated carbocycles. The van der Waals surface area contributed by atoms with Crippen LogP contribution in [-0.4, -0.2) is 45.5 Å². The Balaban J connectivity index is 1.95. The maximum atomic E-state index is 13.7. The lowest BCUT2D eigenvalue weighted by molar-refractivity contribution is 0.0574. The van der Waals surface area contributed by atoms with Crippen LogP contribution < -0.4 is 10.4 Å². The predicted octanol–water partition coefficient (Wildman–Crippen LogP) is 2.31. The van der Waals surface area contributed by atoms with Crippen LogP contribution in [-0.2, 0) is 0 Å². The zero-order chi connectivity index (χ0) is 16.1. The molecule has 1 aromatic carbocycles. The lowest BCUT2D eigenvalue weighted by atomic mass is 10.3. The Hall–Kier alpha value is -2.51. The van der Waals surface area contributed by atoms with Gasteiger partial charge in [-0.3, -0.25) is 4.90 Å². The summed E-state index contributed by atoms with van der Waals surface area (Å²) in [6, 6.07) is 4.94. The number of imidazole rings is 1. The Morgan fingerprint density at radius 3 is 2.82 bits per heavy atom. The standard InChI is InChI=1S/C14H18FN3O4/c1-2-3-12(15)18(14(20)21)6-7-22-9-4-5-10-11(8-9)17-13(19)16-10/h4-5,8,12H,2-3,6-7H2,1H3,(H,20,21)(H2,16,17,19). The first-order valence-corrected chi connectivity index (χ1v) is 6.99. The van der Waals surface area contributed by atoms with E-state index in [1.54, 1.807) is 25.1 Å². The van der Waals surface area contributed by atoms with E-state index in [9.17, 15) is 14.0 Å². The monoisotopic (exact) mass is 311 g/mol. The number of nitrogens with zero attached hydrogens (tertiary/aromatic N) is 1. The molecular formula is C14H18FN3O4. The fourth-order valence-electron chi connectivity index (χ4n) is 2.11. The lowest BCUT2D eigenvalue weighted by Gasteiger charge is -2.23. The molecule has 1 amide bonds.